The van der Waals surface area contributed by atoms with Crippen LogP contribution in [0.5, 0.6) is 0 Å². The number of carbonyl (C=O) groups excluding carboxylic acids is 2. The summed E-state index contributed by atoms with van der Waals surface area (Å²) in [5.41, 5.74) is 0. The van der Waals surface area contributed by atoms with Gasteiger partial charge in [-0.1, -0.05) is 0 Å². The monoisotopic (exact) mass is 168 g/mol. The number of ether oxygens (including phenoxy) is 1. The van der Waals surface area contributed by atoms with Crippen molar-refractivity contribution in [1.29, 1.82) is 0 Å². The lowest BCUT2D eigenvalue weighted by Crippen LogP contribution is -2.30. The number of esters is 1. The van der Waals surface area contributed by atoms with Gasteiger partial charge in [-0.3, -0.25) is 9.59 Å². The molecule has 0 saturated heterocycles. The molecule has 66 valence electrons. The van der Waals surface area contributed by atoms with Crippen molar-refractivity contribution in [2.45, 2.75) is 19.3 Å². The lowest BCUT2D eigenvalue weighted by atomic mass is 9.88. The van der Waals surface area contributed by atoms with E-state index in [4.69, 9.17) is 0 Å². The van der Waals surface area contributed by atoms with E-state index in [0.29, 0.717) is 0 Å². The Kier molecular flexibility index (Phi) is 1.67. The van der Waals surface area contributed by atoms with E-state index in [1.807, 2.05) is 0 Å². The molecule has 3 nitrogen and oxygen atoms in total. The summed E-state index contributed by atoms with van der Waals surface area (Å²) in [4.78, 5) is 22.6. The zero-order valence-electron chi connectivity index (χ0n) is 7.08. The third kappa shape index (κ3) is 0.886. The van der Waals surface area contributed by atoms with Gasteiger partial charge in [-0.2, -0.15) is 0 Å². The van der Waals surface area contributed by atoms with Crippen molar-refractivity contribution in [1.82, 2.24) is 0 Å². The highest BCUT2D eigenvalue weighted by molar-refractivity contribution is 6.02. The summed E-state index contributed by atoms with van der Waals surface area (Å²) in [6, 6.07) is 0. The number of fused-ring (bicyclic) bond motifs is 2. The number of ketones is 1. The Morgan fingerprint density at radius 1 is 1.50 bits per heavy atom. The van der Waals surface area contributed by atoms with Crippen molar-refractivity contribution in [2.75, 3.05) is 7.11 Å². The molecule has 0 spiro atoms. The van der Waals surface area contributed by atoms with Crippen molar-refractivity contribution in [3.63, 3.8) is 0 Å². The van der Waals surface area contributed by atoms with Gasteiger partial charge in [-0.25, -0.2) is 0 Å². The first kappa shape index (κ1) is 7.77. The summed E-state index contributed by atoms with van der Waals surface area (Å²) in [6.07, 6.45) is 2.92. The van der Waals surface area contributed by atoms with Crippen LogP contribution >= 0.6 is 0 Å². The van der Waals surface area contributed by atoms with Crippen LogP contribution in [0.2, 0.25) is 0 Å². The number of carbonyl (C=O) groups is 2. The van der Waals surface area contributed by atoms with Crippen molar-refractivity contribution >= 4 is 11.8 Å². The Labute approximate surface area is 71.1 Å². The number of rotatable bonds is 1. The largest absolute Gasteiger partial charge is 0.468 e. The highest BCUT2D eigenvalue weighted by Gasteiger charge is 2.50. The Hall–Kier alpha value is -0.860. The first-order valence-electron chi connectivity index (χ1n) is 4.35. The van der Waals surface area contributed by atoms with Crippen LogP contribution < -0.4 is 0 Å². The molecule has 0 aromatic heterocycles. The minimum absolute atomic E-state index is 0.123. The standard InChI is InChI=1S/C9H12O3/c1-12-9(11)7-5-2-3-6(4-5)8(7)10/h5-7H,2-4H2,1H3/t5-,6+,7-/m1/s1. The molecule has 2 saturated carbocycles. The van der Waals surface area contributed by atoms with E-state index in [1.54, 1.807) is 0 Å². The van der Waals surface area contributed by atoms with Gasteiger partial charge in [-0.05, 0) is 25.2 Å². The molecule has 2 aliphatic rings. The van der Waals surface area contributed by atoms with Crippen LogP contribution in [0.4, 0.5) is 0 Å². The maximum absolute atomic E-state index is 11.5. The topological polar surface area (TPSA) is 43.4 Å². The van der Waals surface area contributed by atoms with Crippen LogP contribution in [0.1, 0.15) is 19.3 Å². The fraction of sp³-hybridized carbons (Fsp3) is 0.778. The summed E-state index contributed by atoms with van der Waals surface area (Å²) in [5.74, 6) is -0.173. The molecule has 3 heteroatoms. The van der Waals surface area contributed by atoms with Gasteiger partial charge < -0.3 is 4.74 Å². The Balaban J connectivity index is 2.17. The highest BCUT2D eigenvalue weighted by Crippen LogP contribution is 2.46. The van der Waals surface area contributed by atoms with Gasteiger partial charge >= 0.3 is 5.97 Å². The van der Waals surface area contributed by atoms with Crippen LogP contribution in [0.15, 0.2) is 0 Å². The summed E-state index contributed by atoms with van der Waals surface area (Å²) < 4.78 is 4.60. The number of hydrogen-bond donors (Lipinski definition) is 0. The molecule has 0 radical (unpaired) electrons. The summed E-state index contributed by atoms with van der Waals surface area (Å²) in [7, 11) is 1.35. The van der Waals surface area contributed by atoms with Gasteiger partial charge in [0.15, 0.2) is 0 Å². The zero-order valence-corrected chi connectivity index (χ0v) is 7.08. The average Bonchev–Trinajstić information content (AvgIpc) is 2.63. The molecule has 0 aliphatic heterocycles. The molecule has 2 rings (SSSR count). The second-order valence-corrected chi connectivity index (χ2v) is 3.67. The maximum atomic E-state index is 11.5. The van der Waals surface area contributed by atoms with Crippen LogP contribution in [-0.2, 0) is 14.3 Å². The molecule has 0 N–H and O–H groups in total. The molecule has 12 heavy (non-hydrogen) atoms. The highest BCUT2D eigenvalue weighted by atomic mass is 16.5. The molecule has 0 aromatic rings. The van der Waals surface area contributed by atoms with Crippen molar-refractivity contribution in [2.24, 2.45) is 17.8 Å². The third-order valence-electron chi connectivity index (χ3n) is 3.11. The molecule has 3 atom stereocenters. The molecule has 2 fully saturated rings. The number of methoxy groups -OCH3 is 1. The molecule has 0 unspecified atom stereocenters. The van der Waals surface area contributed by atoms with Gasteiger partial charge in [-0.15, -0.1) is 0 Å². The predicted molar refractivity (Wildman–Crippen MR) is 41.3 cm³/mol. The van der Waals surface area contributed by atoms with E-state index in [2.05, 4.69) is 4.74 Å². The van der Waals surface area contributed by atoms with E-state index < -0.39 is 5.92 Å². The van der Waals surface area contributed by atoms with E-state index >= 15 is 0 Å². The van der Waals surface area contributed by atoms with E-state index in [9.17, 15) is 9.59 Å². The molecule has 0 amide bonds. The third-order valence-corrected chi connectivity index (χ3v) is 3.11. The van der Waals surface area contributed by atoms with Crippen LogP contribution in [-0.4, -0.2) is 18.9 Å². The lowest BCUT2D eigenvalue weighted by molar-refractivity contribution is -0.151. The minimum atomic E-state index is -0.422. The first-order chi connectivity index (χ1) is 5.74. The summed E-state index contributed by atoms with van der Waals surface area (Å²) in [5, 5.41) is 0. The number of Topliss-reactive ketones (excluding diaryl/α,β-unsaturated/α-hetero) is 1. The lowest BCUT2D eigenvalue weighted by Gasteiger charge is -2.17. The molecular weight excluding hydrogens is 156 g/mol. The van der Waals surface area contributed by atoms with Crippen LogP contribution in [0.3, 0.4) is 0 Å². The first-order valence-corrected chi connectivity index (χ1v) is 4.35. The molecule has 2 aliphatic carbocycles. The summed E-state index contributed by atoms with van der Waals surface area (Å²) in [6.45, 7) is 0. The molecule has 2 bridgehead atoms. The molecular formula is C9H12O3. The SMILES string of the molecule is COC(=O)[C@H]1C(=O)[C@H]2CC[C@@H]1C2. The summed E-state index contributed by atoms with van der Waals surface area (Å²) >= 11 is 0. The fourth-order valence-electron chi connectivity index (χ4n) is 2.50. The smallest absolute Gasteiger partial charge is 0.316 e. The van der Waals surface area contributed by atoms with E-state index in [1.165, 1.54) is 7.11 Å². The van der Waals surface area contributed by atoms with E-state index in [0.717, 1.165) is 19.3 Å². The van der Waals surface area contributed by atoms with Gasteiger partial charge in [0.1, 0.15) is 11.7 Å². The quantitative estimate of drug-likeness (QED) is 0.429. The minimum Gasteiger partial charge on any atom is -0.468 e. The predicted octanol–water partition coefficient (Wildman–Crippen LogP) is 0.775. The van der Waals surface area contributed by atoms with Crippen LogP contribution in [0, 0.1) is 17.8 Å². The Morgan fingerprint density at radius 3 is 2.75 bits per heavy atom. The second-order valence-electron chi connectivity index (χ2n) is 3.67. The van der Waals surface area contributed by atoms with E-state index in [-0.39, 0.29) is 23.6 Å². The van der Waals surface area contributed by atoms with Crippen molar-refractivity contribution in [3.05, 3.63) is 0 Å². The van der Waals surface area contributed by atoms with Gasteiger partial charge in [0, 0.05) is 5.92 Å². The normalized spacial score (nSPS) is 38.8. The maximum Gasteiger partial charge on any atom is 0.316 e. The average molecular weight is 168 g/mol. The molecule has 0 heterocycles. The zero-order chi connectivity index (χ0) is 8.72. The Morgan fingerprint density at radius 2 is 2.25 bits per heavy atom. The molecule has 0 aromatic carbocycles. The number of hydrogen-bond acceptors (Lipinski definition) is 3. The van der Waals surface area contributed by atoms with Crippen molar-refractivity contribution < 1.29 is 14.3 Å². The second kappa shape index (κ2) is 2.57. The van der Waals surface area contributed by atoms with Gasteiger partial charge in [0.2, 0.25) is 0 Å². The Bertz CT molecular complexity index is 234. The fourth-order valence-corrected chi connectivity index (χ4v) is 2.50. The van der Waals surface area contributed by atoms with Crippen molar-refractivity contribution in [3.8, 4) is 0 Å². The van der Waals surface area contributed by atoms with Gasteiger partial charge in [0.05, 0.1) is 7.11 Å². The van der Waals surface area contributed by atoms with Crippen LogP contribution in [0.25, 0.3) is 0 Å². The van der Waals surface area contributed by atoms with Gasteiger partial charge in [0.25, 0.3) is 0 Å².